The van der Waals surface area contributed by atoms with Gasteiger partial charge in [0.25, 0.3) is 0 Å². The molecule has 5 nitrogen and oxygen atoms in total. The number of hydrogen-bond acceptors (Lipinski definition) is 5. The molecular weight excluding hydrogens is 246 g/mol. The molecular formula is C14H17NO4. The van der Waals surface area contributed by atoms with Gasteiger partial charge >= 0.3 is 0 Å². The topological polar surface area (TPSA) is 90.6 Å². The van der Waals surface area contributed by atoms with Crippen LogP contribution in [0.15, 0.2) is 24.3 Å². The summed E-state index contributed by atoms with van der Waals surface area (Å²) in [7, 11) is 0. The fraction of sp³-hybridized carbons (Fsp3) is 0.429. The maximum Gasteiger partial charge on any atom is 0.233 e. The molecule has 0 spiro atoms. The fourth-order valence-electron chi connectivity index (χ4n) is 1.63. The van der Waals surface area contributed by atoms with Crippen LogP contribution < -0.4 is 0 Å². The van der Waals surface area contributed by atoms with E-state index in [1.54, 1.807) is 26.8 Å². The summed E-state index contributed by atoms with van der Waals surface area (Å²) in [5, 5.41) is 29.0. The Morgan fingerprint density at radius 2 is 1.84 bits per heavy atom. The highest BCUT2D eigenvalue weighted by molar-refractivity contribution is 5.74. The van der Waals surface area contributed by atoms with Gasteiger partial charge in [-0.05, 0) is 20.8 Å². The van der Waals surface area contributed by atoms with E-state index in [1.165, 1.54) is 24.3 Å². The van der Waals surface area contributed by atoms with Gasteiger partial charge in [-0.3, -0.25) is 4.79 Å². The first kappa shape index (κ1) is 15.3. The van der Waals surface area contributed by atoms with Crippen molar-refractivity contribution < 1.29 is 19.7 Å². The zero-order valence-electron chi connectivity index (χ0n) is 11.1. The molecule has 0 amide bonds. The third kappa shape index (κ3) is 3.61. The highest BCUT2D eigenvalue weighted by Gasteiger charge is 2.42. The molecule has 19 heavy (non-hydrogen) atoms. The smallest absolute Gasteiger partial charge is 0.233 e. The zero-order valence-corrected chi connectivity index (χ0v) is 11.1. The predicted molar refractivity (Wildman–Crippen MR) is 68.2 cm³/mol. The lowest BCUT2D eigenvalue weighted by Gasteiger charge is -2.36. The normalized spacial score (nSPS) is 16.2. The summed E-state index contributed by atoms with van der Waals surface area (Å²) in [6.45, 7) is 5.09. The molecule has 0 aliphatic rings. The Hall–Kier alpha value is -1.74. The minimum absolute atomic E-state index is 0.210. The molecule has 0 heterocycles. The van der Waals surface area contributed by atoms with Crippen molar-refractivity contribution >= 4 is 6.29 Å². The minimum atomic E-state index is -2.14. The van der Waals surface area contributed by atoms with Gasteiger partial charge in [0.2, 0.25) is 5.79 Å². The van der Waals surface area contributed by atoms with Crippen LogP contribution >= 0.6 is 0 Å². The monoisotopic (exact) mass is 263 g/mol. The van der Waals surface area contributed by atoms with E-state index in [9.17, 15) is 15.0 Å². The molecule has 1 aromatic rings. The van der Waals surface area contributed by atoms with Gasteiger partial charge in [-0.2, -0.15) is 5.26 Å². The first-order chi connectivity index (χ1) is 8.73. The van der Waals surface area contributed by atoms with Crippen LogP contribution in [0.4, 0.5) is 0 Å². The third-order valence-electron chi connectivity index (χ3n) is 2.42. The molecule has 0 aromatic heterocycles. The van der Waals surface area contributed by atoms with Crippen molar-refractivity contribution in [2.24, 2.45) is 0 Å². The van der Waals surface area contributed by atoms with Crippen molar-refractivity contribution in [3.05, 3.63) is 35.4 Å². The molecule has 0 aliphatic carbocycles. The summed E-state index contributed by atoms with van der Waals surface area (Å²) in [6, 6.07) is 7.40. The number of benzene rings is 1. The Labute approximate surface area is 112 Å². The molecule has 0 saturated carbocycles. The SMILES string of the molecule is CC(C)(C)OC(O)(c1ccc(C=O)cc1)C(O)C#N. The Morgan fingerprint density at radius 1 is 1.32 bits per heavy atom. The number of ether oxygens (including phenoxy) is 1. The lowest BCUT2D eigenvalue weighted by atomic mass is 9.98. The molecule has 0 radical (unpaired) electrons. The van der Waals surface area contributed by atoms with Crippen molar-refractivity contribution in [1.29, 1.82) is 5.26 Å². The third-order valence-corrected chi connectivity index (χ3v) is 2.42. The van der Waals surface area contributed by atoms with Gasteiger partial charge in [0, 0.05) is 11.1 Å². The van der Waals surface area contributed by atoms with Crippen molar-refractivity contribution in [3.63, 3.8) is 0 Å². The van der Waals surface area contributed by atoms with Gasteiger partial charge in [0.15, 0.2) is 6.10 Å². The standard InChI is InChI=1S/C14H17NO4/c1-13(2,3)19-14(18,12(17)8-15)11-6-4-10(9-16)5-7-11/h4-7,9,12,17-18H,1-3H3. The van der Waals surface area contributed by atoms with Crippen LogP contribution in [-0.4, -0.2) is 28.2 Å². The van der Waals surface area contributed by atoms with Crippen LogP contribution in [0.3, 0.4) is 0 Å². The van der Waals surface area contributed by atoms with Gasteiger partial charge in [-0.25, -0.2) is 0 Å². The summed E-state index contributed by atoms with van der Waals surface area (Å²) in [5.74, 6) is -2.14. The quantitative estimate of drug-likeness (QED) is 0.486. The minimum Gasteiger partial charge on any atom is -0.373 e. The fourth-order valence-corrected chi connectivity index (χ4v) is 1.63. The Bertz CT molecular complexity index is 484. The summed E-state index contributed by atoms with van der Waals surface area (Å²) >= 11 is 0. The van der Waals surface area contributed by atoms with E-state index in [0.29, 0.717) is 11.8 Å². The van der Waals surface area contributed by atoms with Gasteiger partial charge in [0.05, 0.1) is 5.60 Å². The number of rotatable bonds is 4. The summed E-state index contributed by atoms with van der Waals surface area (Å²) in [4.78, 5) is 10.6. The first-order valence-electron chi connectivity index (χ1n) is 5.79. The van der Waals surface area contributed by atoms with Crippen LogP contribution in [0.25, 0.3) is 0 Å². The number of aldehydes is 1. The maximum atomic E-state index is 10.6. The lowest BCUT2D eigenvalue weighted by Crippen LogP contribution is -2.46. The molecule has 102 valence electrons. The molecule has 0 aliphatic heterocycles. The van der Waals surface area contributed by atoms with Gasteiger partial charge in [-0.15, -0.1) is 0 Å². The molecule has 2 N–H and O–H groups in total. The van der Waals surface area contributed by atoms with Gasteiger partial charge < -0.3 is 14.9 Å². The van der Waals surface area contributed by atoms with E-state index in [2.05, 4.69) is 0 Å². The van der Waals surface area contributed by atoms with E-state index in [0.717, 1.165) is 0 Å². The zero-order chi connectivity index (χ0) is 14.7. The number of carbonyl (C=O) groups is 1. The van der Waals surface area contributed by atoms with E-state index < -0.39 is 17.5 Å². The van der Waals surface area contributed by atoms with Crippen LogP contribution in [0.2, 0.25) is 0 Å². The molecule has 5 heteroatoms. The lowest BCUT2D eigenvalue weighted by molar-refractivity contribution is -0.293. The van der Waals surface area contributed by atoms with Crippen molar-refractivity contribution in [2.45, 2.75) is 38.3 Å². The summed E-state index contributed by atoms with van der Waals surface area (Å²) < 4.78 is 5.43. The van der Waals surface area contributed by atoms with E-state index >= 15 is 0 Å². The van der Waals surface area contributed by atoms with Crippen LogP contribution in [0, 0.1) is 11.3 Å². The largest absolute Gasteiger partial charge is 0.373 e. The Kier molecular flexibility index (Phi) is 4.43. The summed E-state index contributed by atoms with van der Waals surface area (Å²) in [5.41, 5.74) is -0.133. The highest BCUT2D eigenvalue weighted by Crippen LogP contribution is 2.31. The number of aliphatic hydroxyl groups is 2. The number of nitriles is 1. The van der Waals surface area contributed by atoms with Crippen LogP contribution in [0.1, 0.15) is 36.7 Å². The number of carbonyl (C=O) groups excluding carboxylic acids is 1. The molecule has 0 fully saturated rings. The molecule has 1 aromatic carbocycles. The molecule has 2 unspecified atom stereocenters. The number of hydrogen-bond donors (Lipinski definition) is 2. The van der Waals surface area contributed by atoms with Gasteiger partial charge in [0.1, 0.15) is 12.4 Å². The van der Waals surface area contributed by atoms with E-state index in [4.69, 9.17) is 10.00 Å². The predicted octanol–water partition coefficient (Wildman–Crippen LogP) is 1.34. The average Bonchev–Trinajstić information content (AvgIpc) is 2.35. The molecule has 1 rings (SSSR count). The van der Waals surface area contributed by atoms with Crippen molar-refractivity contribution in [2.75, 3.05) is 0 Å². The second-order valence-corrected chi connectivity index (χ2v) is 5.18. The summed E-state index contributed by atoms with van der Waals surface area (Å²) in [6.07, 6.45) is -1.08. The highest BCUT2D eigenvalue weighted by atomic mass is 16.7. The average molecular weight is 263 g/mol. The molecule has 0 saturated heterocycles. The molecule has 0 bridgehead atoms. The van der Waals surface area contributed by atoms with Crippen LogP contribution in [-0.2, 0) is 10.5 Å². The second-order valence-electron chi connectivity index (χ2n) is 5.18. The molecule has 2 atom stereocenters. The van der Waals surface area contributed by atoms with Gasteiger partial charge in [-0.1, -0.05) is 24.3 Å². The van der Waals surface area contributed by atoms with E-state index in [1.807, 2.05) is 0 Å². The Morgan fingerprint density at radius 3 is 2.21 bits per heavy atom. The first-order valence-corrected chi connectivity index (χ1v) is 5.79. The van der Waals surface area contributed by atoms with Crippen LogP contribution in [0.5, 0.6) is 0 Å². The second kappa shape index (κ2) is 5.49. The maximum absolute atomic E-state index is 10.6. The number of aliphatic hydroxyl groups excluding tert-OH is 1. The van der Waals surface area contributed by atoms with Crippen molar-refractivity contribution in [1.82, 2.24) is 0 Å². The van der Waals surface area contributed by atoms with E-state index in [-0.39, 0.29) is 5.56 Å². The number of nitrogens with zero attached hydrogens (tertiary/aromatic N) is 1. The Balaban J connectivity index is 3.23. The van der Waals surface area contributed by atoms with Crippen molar-refractivity contribution in [3.8, 4) is 6.07 Å².